The molecule has 3 aromatic rings. The van der Waals surface area contributed by atoms with Crippen molar-refractivity contribution >= 4 is 29.0 Å². The second kappa shape index (κ2) is 7.58. The zero-order valence-electron chi connectivity index (χ0n) is 14.0. The van der Waals surface area contributed by atoms with Crippen molar-refractivity contribution in [3.8, 4) is 22.6 Å². The van der Waals surface area contributed by atoms with Crippen LogP contribution < -0.4 is 10.2 Å². The van der Waals surface area contributed by atoms with Gasteiger partial charge in [0.05, 0.1) is 5.02 Å². The fraction of sp³-hybridized carbons (Fsp3) is 0.211. The lowest BCUT2D eigenvalue weighted by molar-refractivity contribution is 0.584. The van der Waals surface area contributed by atoms with Gasteiger partial charge in [0.1, 0.15) is 5.69 Å². The summed E-state index contributed by atoms with van der Waals surface area (Å²) >= 11 is 12.3. The van der Waals surface area contributed by atoms with Gasteiger partial charge in [0, 0.05) is 42.3 Å². The van der Waals surface area contributed by atoms with Gasteiger partial charge >= 0.3 is 0 Å². The molecule has 1 fully saturated rings. The molecule has 0 spiro atoms. The SMILES string of the molecule is Clc1ccc(-c2nnc(-c3ccccc3)c(N3CCNCC3)n2)c(Cl)c1. The van der Waals surface area contributed by atoms with Gasteiger partial charge in [0.2, 0.25) is 0 Å². The Hall–Kier alpha value is -2.21. The van der Waals surface area contributed by atoms with Gasteiger partial charge in [0.15, 0.2) is 11.6 Å². The van der Waals surface area contributed by atoms with Gasteiger partial charge in [-0.1, -0.05) is 53.5 Å². The van der Waals surface area contributed by atoms with Crippen molar-refractivity contribution in [2.75, 3.05) is 31.1 Å². The molecule has 132 valence electrons. The van der Waals surface area contributed by atoms with E-state index in [4.69, 9.17) is 28.2 Å². The highest BCUT2D eigenvalue weighted by Crippen LogP contribution is 2.32. The largest absolute Gasteiger partial charge is 0.352 e. The summed E-state index contributed by atoms with van der Waals surface area (Å²) in [6.07, 6.45) is 0. The maximum absolute atomic E-state index is 6.34. The Morgan fingerprint density at radius 3 is 2.42 bits per heavy atom. The van der Waals surface area contributed by atoms with Crippen LogP contribution in [-0.4, -0.2) is 41.4 Å². The van der Waals surface area contributed by atoms with Crippen LogP contribution in [0, 0.1) is 0 Å². The zero-order chi connectivity index (χ0) is 17.9. The standard InChI is InChI=1S/C19H17Cl2N5/c20-14-6-7-15(16(21)12-14)18-23-19(26-10-8-22-9-11-26)17(24-25-18)13-4-2-1-3-5-13/h1-7,12,22H,8-11H2. The summed E-state index contributed by atoms with van der Waals surface area (Å²) in [6.45, 7) is 3.56. The van der Waals surface area contributed by atoms with Gasteiger partial charge in [-0.15, -0.1) is 10.2 Å². The van der Waals surface area contributed by atoms with Crippen LogP contribution in [0.25, 0.3) is 22.6 Å². The Bertz CT molecular complexity index is 911. The van der Waals surface area contributed by atoms with E-state index in [0.717, 1.165) is 48.8 Å². The first-order chi connectivity index (χ1) is 12.7. The maximum atomic E-state index is 6.34. The first-order valence-corrected chi connectivity index (χ1v) is 9.19. The maximum Gasteiger partial charge on any atom is 0.185 e. The minimum atomic E-state index is 0.500. The lowest BCUT2D eigenvalue weighted by Gasteiger charge is -2.29. The molecule has 2 heterocycles. The highest BCUT2D eigenvalue weighted by molar-refractivity contribution is 6.36. The average Bonchev–Trinajstić information content (AvgIpc) is 2.69. The van der Waals surface area contributed by atoms with Crippen molar-refractivity contribution in [2.45, 2.75) is 0 Å². The molecule has 1 aliphatic heterocycles. The molecule has 1 aromatic heterocycles. The minimum Gasteiger partial charge on any atom is -0.352 e. The van der Waals surface area contributed by atoms with Crippen molar-refractivity contribution in [3.63, 3.8) is 0 Å². The van der Waals surface area contributed by atoms with Crippen molar-refractivity contribution in [1.82, 2.24) is 20.5 Å². The third-order valence-corrected chi connectivity index (χ3v) is 4.85. The zero-order valence-corrected chi connectivity index (χ0v) is 15.5. The molecule has 0 atom stereocenters. The highest BCUT2D eigenvalue weighted by Gasteiger charge is 2.20. The predicted octanol–water partition coefficient (Wildman–Crippen LogP) is 3.92. The molecule has 0 amide bonds. The molecule has 0 bridgehead atoms. The Labute approximate surface area is 162 Å². The number of benzene rings is 2. The number of nitrogens with zero attached hydrogens (tertiary/aromatic N) is 4. The molecule has 2 aromatic carbocycles. The summed E-state index contributed by atoms with van der Waals surface area (Å²) in [5.74, 6) is 1.33. The number of piperazine rings is 1. The Balaban J connectivity index is 1.83. The number of nitrogens with one attached hydrogen (secondary N) is 1. The van der Waals surface area contributed by atoms with Crippen molar-refractivity contribution < 1.29 is 0 Å². The Kier molecular flexibility index (Phi) is 5.02. The first kappa shape index (κ1) is 17.2. The van der Waals surface area contributed by atoms with E-state index in [-0.39, 0.29) is 0 Å². The smallest absolute Gasteiger partial charge is 0.185 e. The molecule has 0 unspecified atom stereocenters. The van der Waals surface area contributed by atoms with Crippen LogP contribution >= 0.6 is 23.2 Å². The van der Waals surface area contributed by atoms with Crippen LogP contribution in [0.5, 0.6) is 0 Å². The topological polar surface area (TPSA) is 53.9 Å². The number of rotatable bonds is 3. The van der Waals surface area contributed by atoms with Gasteiger partial charge in [-0.25, -0.2) is 4.98 Å². The summed E-state index contributed by atoms with van der Waals surface area (Å²) in [4.78, 5) is 7.07. The third kappa shape index (κ3) is 3.51. The van der Waals surface area contributed by atoms with Crippen LogP contribution in [0.15, 0.2) is 48.5 Å². The van der Waals surface area contributed by atoms with E-state index in [1.54, 1.807) is 12.1 Å². The molecule has 1 aliphatic rings. The molecular weight excluding hydrogens is 369 g/mol. The number of halogens is 2. The van der Waals surface area contributed by atoms with Gasteiger partial charge in [-0.3, -0.25) is 0 Å². The monoisotopic (exact) mass is 385 g/mol. The summed E-state index contributed by atoms with van der Waals surface area (Å²) in [7, 11) is 0. The van der Waals surface area contributed by atoms with Gasteiger partial charge in [0.25, 0.3) is 0 Å². The Morgan fingerprint density at radius 1 is 0.923 bits per heavy atom. The lowest BCUT2D eigenvalue weighted by Crippen LogP contribution is -2.44. The number of anilines is 1. The quantitative estimate of drug-likeness (QED) is 0.740. The molecule has 0 saturated carbocycles. The molecule has 5 nitrogen and oxygen atoms in total. The normalized spacial score (nSPS) is 14.5. The number of hydrogen-bond donors (Lipinski definition) is 1. The Morgan fingerprint density at radius 2 is 1.69 bits per heavy atom. The van der Waals surface area contributed by atoms with Crippen LogP contribution in [0.2, 0.25) is 10.0 Å². The minimum absolute atomic E-state index is 0.500. The molecule has 0 radical (unpaired) electrons. The molecule has 1 N–H and O–H groups in total. The number of hydrogen-bond acceptors (Lipinski definition) is 5. The van der Waals surface area contributed by atoms with Gasteiger partial charge in [-0.2, -0.15) is 0 Å². The second-order valence-electron chi connectivity index (χ2n) is 6.03. The van der Waals surface area contributed by atoms with Crippen LogP contribution in [0.3, 0.4) is 0 Å². The predicted molar refractivity (Wildman–Crippen MR) is 106 cm³/mol. The molecule has 7 heteroatoms. The summed E-state index contributed by atoms with van der Waals surface area (Å²) in [6, 6.07) is 15.3. The lowest BCUT2D eigenvalue weighted by atomic mass is 10.1. The van der Waals surface area contributed by atoms with Crippen LogP contribution in [0.1, 0.15) is 0 Å². The van der Waals surface area contributed by atoms with Crippen LogP contribution in [-0.2, 0) is 0 Å². The number of aromatic nitrogens is 3. The van der Waals surface area contributed by atoms with E-state index in [1.807, 2.05) is 36.4 Å². The molecule has 1 saturated heterocycles. The van der Waals surface area contributed by atoms with E-state index in [0.29, 0.717) is 15.9 Å². The molecule has 0 aliphatic carbocycles. The van der Waals surface area contributed by atoms with Crippen LogP contribution in [0.4, 0.5) is 5.82 Å². The van der Waals surface area contributed by atoms with E-state index in [2.05, 4.69) is 20.4 Å². The highest BCUT2D eigenvalue weighted by atomic mass is 35.5. The summed E-state index contributed by atoms with van der Waals surface area (Å²) < 4.78 is 0. The molecular formula is C19H17Cl2N5. The summed E-state index contributed by atoms with van der Waals surface area (Å²) in [5.41, 5.74) is 2.50. The average molecular weight is 386 g/mol. The van der Waals surface area contributed by atoms with Gasteiger partial charge < -0.3 is 10.2 Å². The van der Waals surface area contributed by atoms with Crippen molar-refractivity contribution in [1.29, 1.82) is 0 Å². The molecule has 4 rings (SSSR count). The summed E-state index contributed by atoms with van der Waals surface area (Å²) in [5, 5.41) is 13.3. The van der Waals surface area contributed by atoms with Crippen molar-refractivity contribution in [2.24, 2.45) is 0 Å². The van der Waals surface area contributed by atoms with Crippen molar-refractivity contribution in [3.05, 3.63) is 58.6 Å². The fourth-order valence-electron chi connectivity index (χ4n) is 2.98. The second-order valence-corrected chi connectivity index (χ2v) is 6.88. The van der Waals surface area contributed by atoms with E-state index < -0.39 is 0 Å². The first-order valence-electron chi connectivity index (χ1n) is 8.43. The third-order valence-electron chi connectivity index (χ3n) is 4.30. The van der Waals surface area contributed by atoms with E-state index in [1.165, 1.54) is 0 Å². The van der Waals surface area contributed by atoms with Gasteiger partial charge in [-0.05, 0) is 18.2 Å². The molecule has 26 heavy (non-hydrogen) atoms. The van der Waals surface area contributed by atoms with E-state index in [9.17, 15) is 0 Å². The fourth-order valence-corrected chi connectivity index (χ4v) is 3.48. The van der Waals surface area contributed by atoms with E-state index >= 15 is 0 Å².